The van der Waals surface area contributed by atoms with Gasteiger partial charge in [-0.2, -0.15) is 0 Å². The summed E-state index contributed by atoms with van der Waals surface area (Å²) in [5, 5.41) is 3.40. The normalized spacial score (nSPS) is 11.0. The van der Waals surface area contributed by atoms with Crippen LogP contribution < -0.4 is 10.1 Å². The summed E-state index contributed by atoms with van der Waals surface area (Å²) in [4.78, 5) is 4.30. The van der Waals surface area contributed by atoms with E-state index in [2.05, 4.69) is 47.8 Å². The predicted molar refractivity (Wildman–Crippen MR) is 80.7 cm³/mol. The second-order valence-electron chi connectivity index (χ2n) is 5.10. The highest BCUT2D eigenvalue weighted by atomic mass is 16.5. The van der Waals surface area contributed by atoms with Crippen LogP contribution in [0.2, 0.25) is 0 Å². The summed E-state index contributed by atoms with van der Waals surface area (Å²) in [6.07, 6.45) is 3.78. The fourth-order valence-electron chi connectivity index (χ4n) is 1.94. The van der Waals surface area contributed by atoms with Crippen molar-refractivity contribution in [2.45, 2.75) is 46.5 Å². The van der Waals surface area contributed by atoms with Gasteiger partial charge in [-0.15, -0.1) is 0 Å². The van der Waals surface area contributed by atoms with E-state index in [1.807, 2.05) is 24.5 Å². The minimum absolute atomic E-state index is 0.499. The van der Waals surface area contributed by atoms with Crippen molar-refractivity contribution < 1.29 is 4.74 Å². The van der Waals surface area contributed by atoms with Crippen LogP contribution in [0.5, 0.6) is 5.75 Å². The third-order valence-electron chi connectivity index (χ3n) is 3.15. The van der Waals surface area contributed by atoms with Gasteiger partial charge in [0.15, 0.2) is 0 Å². The number of rotatable bonds is 7. The van der Waals surface area contributed by atoms with E-state index < -0.39 is 0 Å². The smallest absolute Gasteiger partial charge is 0.146 e. The zero-order valence-corrected chi connectivity index (χ0v) is 12.5. The average Bonchev–Trinajstić information content (AvgIpc) is 2.91. The monoisotopic (exact) mass is 273 g/mol. The first-order valence-corrected chi connectivity index (χ1v) is 7.14. The van der Waals surface area contributed by atoms with Crippen molar-refractivity contribution in [3.05, 3.63) is 48.0 Å². The Morgan fingerprint density at radius 2 is 2.00 bits per heavy atom. The Hall–Kier alpha value is -1.81. The lowest BCUT2D eigenvalue weighted by molar-refractivity contribution is 0.290. The molecule has 0 fully saturated rings. The van der Waals surface area contributed by atoms with Crippen molar-refractivity contribution >= 4 is 0 Å². The minimum atomic E-state index is 0.499. The molecule has 1 aromatic heterocycles. The largest absolute Gasteiger partial charge is 0.486 e. The number of ether oxygens (including phenoxy) is 1. The van der Waals surface area contributed by atoms with Crippen molar-refractivity contribution in [3.63, 3.8) is 0 Å². The quantitative estimate of drug-likeness (QED) is 0.843. The van der Waals surface area contributed by atoms with Gasteiger partial charge in [-0.25, -0.2) is 4.98 Å². The molecule has 0 bridgehead atoms. The fourth-order valence-corrected chi connectivity index (χ4v) is 1.94. The molecular formula is C16H23N3O. The molecule has 4 nitrogen and oxygen atoms in total. The van der Waals surface area contributed by atoms with Gasteiger partial charge in [0.1, 0.15) is 18.2 Å². The van der Waals surface area contributed by atoms with Gasteiger partial charge in [-0.3, -0.25) is 0 Å². The lowest BCUT2D eigenvalue weighted by Crippen LogP contribution is -2.21. The first-order chi connectivity index (χ1) is 9.69. The molecule has 1 aromatic carbocycles. The Bertz CT molecular complexity index is 517. The minimum Gasteiger partial charge on any atom is -0.486 e. The Labute approximate surface area is 120 Å². The summed E-state index contributed by atoms with van der Waals surface area (Å²) in [6, 6.07) is 8.71. The fraction of sp³-hybridized carbons (Fsp3) is 0.438. The van der Waals surface area contributed by atoms with Crippen LogP contribution in [0.15, 0.2) is 36.7 Å². The van der Waals surface area contributed by atoms with Crippen molar-refractivity contribution in [1.29, 1.82) is 0 Å². The molecule has 108 valence electrons. The molecule has 0 aliphatic carbocycles. The maximum atomic E-state index is 5.77. The Kier molecular flexibility index (Phi) is 5.18. The molecule has 0 atom stereocenters. The van der Waals surface area contributed by atoms with Crippen molar-refractivity contribution in [2.75, 3.05) is 0 Å². The lowest BCUT2D eigenvalue weighted by Gasteiger charge is -2.10. The Morgan fingerprint density at radius 3 is 2.65 bits per heavy atom. The highest BCUT2D eigenvalue weighted by Gasteiger charge is 2.02. The van der Waals surface area contributed by atoms with E-state index in [1.165, 1.54) is 5.56 Å². The summed E-state index contributed by atoms with van der Waals surface area (Å²) in [5.74, 6) is 1.84. The van der Waals surface area contributed by atoms with Crippen LogP contribution in [-0.4, -0.2) is 15.6 Å². The third-order valence-corrected chi connectivity index (χ3v) is 3.15. The molecule has 0 aliphatic rings. The number of hydrogen-bond donors (Lipinski definition) is 1. The Balaban J connectivity index is 1.87. The van der Waals surface area contributed by atoms with Gasteiger partial charge in [-0.1, -0.05) is 26.0 Å². The van der Waals surface area contributed by atoms with E-state index in [-0.39, 0.29) is 0 Å². The lowest BCUT2D eigenvalue weighted by atomic mass is 10.2. The van der Waals surface area contributed by atoms with Gasteiger partial charge >= 0.3 is 0 Å². The van der Waals surface area contributed by atoms with Gasteiger partial charge in [0.25, 0.3) is 0 Å². The van der Waals surface area contributed by atoms with Crippen LogP contribution in [0.25, 0.3) is 0 Å². The molecule has 1 heterocycles. The van der Waals surface area contributed by atoms with Crippen LogP contribution in [-0.2, 0) is 19.7 Å². The molecule has 1 N–H and O–H groups in total. The highest BCUT2D eigenvalue weighted by Crippen LogP contribution is 2.14. The summed E-state index contributed by atoms with van der Waals surface area (Å²) in [7, 11) is 0. The van der Waals surface area contributed by atoms with E-state index in [9.17, 15) is 0 Å². The highest BCUT2D eigenvalue weighted by molar-refractivity contribution is 5.27. The molecule has 0 radical (unpaired) electrons. The number of hydrogen-bond acceptors (Lipinski definition) is 3. The zero-order valence-electron chi connectivity index (χ0n) is 12.5. The maximum Gasteiger partial charge on any atom is 0.146 e. The Morgan fingerprint density at radius 1 is 1.25 bits per heavy atom. The van der Waals surface area contributed by atoms with Gasteiger partial charge in [-0.05, 0) is 24.6 Å². The van der Waals surface area contributed by atoms with Crippen LogP contribution >= 0.6 is 0 Å². The molecule has 4 heteroatoms. The van der Waals surface area contributed by atoms with Crippen molar-refractivity contribution in [2.24, 2.45) is 0 Å². The molecular weight excluding hydrogens is 250 g/mol. The van der Waals surface area contributed by atoms with Gasteiger partial charge in [0, 0.05) is 31.5 Å². The molecule has 0 unspecified atom stereocenters. The zero-order chi connectivity index (χ0) is 14.4. The number of imidazole rings is 1. The molecule has 0 spiro atoms. The number of nitrogens with zero attached hydrogens (tertiary/aromatic N) is 2. The molecule has 0 aliphatic heterocycles. The van der Waals surface area contributed by atoms with E-state index in [0.717, 1.165) is 24.7 Å². The van der Waals surface area contributed by atoms with Gasteiger partial charge in [0.05, 0.1) is 0 Å². The molecule has 0 saturated heterocycles. The van der Waals surface area contributed by atoms with E-state index in [0.29, 0.717) is 12.6 Å². The molecule has 2 aromatic rings. The summed E-state index contributed by atoms with van der Waals surface area (Å²) in [6.45, 7) is 8.70. The standard InChI is InChI=1S/C16H23N3O/c1-4-19-10-9-17-16(19)12-20-15-7-5-14(6-8-15)11-18-13(2)3/h5-10,13,18H,4,11-12H2,1-3H3. The number of nitrogens with one attached hydrogen (secondary N) is 1. The first-order valence-electron chi connectivity index (χ1n) is 7.14. The second kappa shape index (κ2) is 7.10. The predicted octanol–water partition coefficient (Wildman–Crippen LogP) is 2.98. The molecule has 20 heavy (non-hydrogen) atoms. The number of aromatic nitrogens is 2. The summed E-state index contributed by atoms with van der Waals surface area (Å²) < 4.78 is 7.85. The number of benzene rings is 1. The summed E-state index contributed by atoms with van der Waals surface area (Å²) >= 11 is 0. The third kappa shape index (κ3) is 4.10. The van der Waals surface area contributed by atoms with E-state index >= 15 is 0 Å². The van der Waals surface area contributed by atoms with Crippen LogP contribution in [0.1, 0.15) is 32.2 Å². The van der Waals surface area contributed by atoms with Crippen LogP contribution in [0.3, 0.4) is 0 Å². The van der Waals surface area contributed by atoms with Gasteiger partial charge < -0.3 is 14.6 Å². The summed E-state index contributed by atoms with van der Waals surface area (Å²) in [5.41, 5.74) is 1.26. The van der Waals surface area contributed by atoms with Crippen molar-refractivity contribution in [3.8, 4) is 5.75 Å². The van der Waals surface area contributed by atoms with Crippen LogP contribution in [0.4, 0.5) is 0 Å². The molecule has 0 amide bonds. The average molecular weight is 273 g/mol. The van der Waals surface area contributed by atoms with Gasteiger partial charge in [0.2, 0.25) is 0 Å². The topological polar surface area (TPSA) is 39.1 Å². The van der Waals surface area contributed by atoms with E-state index in [4.69, 9.17) is 4.74 Å². The maximum absolute atomic E-state index is 5.77. The van der Waals surface area contributed by atoms with Crippen molar-refractivity contribution in [1.82, 2.24) is 14.9 Å². The van der Waals surface area contributed by atoms with Crippen LogP contribution in [0, 0.1) is 0 Å². The molecule has 2 rings (SSSR count). The SMILES string of the molecule is CCn1ccnc1COc1ccc(CNC(C)C)cc1. The molecule has 0 saturated carbocycles. The van der Waals surface area contributed by atoms with E-state index in [1.54, 1.807) is 0 Å². The second-order valence-corrected chi connectivity index (χ2v) is 5.10. The first kappa shape index (κ1) is 14.6. The number of aryl methyl sites for hydroxylation is 1.